The highest BCUT2D eigenvalue weighted by Gasteiger charge is 2.15. The molecule has 0 saturated carbocycles. The number of ether oxygens (including phenoxy) is 3. The molecule has 0 aromatic heterocycles. The number of nitrogen functional groups attached to an aromatic ring is 1. The van der Waals surface area contributed by atoms with Gasteiger partial charge in [-0.15, -0.1) is 0 Å². The summed E-state index contributed by atoms with van der Waals surface area (Å²) < 4.78 is 16.7. The van der Waals surface area contributed by atoms with Gasteiger partial charge in [0.25, 0.3) is 0 Å². The number of likely N-dealkylation sites (tertiary alicyclic amines) is 1. The molecule has 0 spiro atoms. The highest BCUT2D eigenvalue weighted by Crippen LogP contribution is 2.31. The van der Waals surface area contributed by atoms with Crippen molar-refractivity contribution in [3.8, 4) is 17.2 Å². The molecule has 1 saturated heterocycles. The molecule has 2 aromatic carbocycles. The van der Waals surface area contributed by atoms with Gasteiger partial charge in [-0.2, -0.15) is 0 Å². The van der Waals surface area contributed by atoms with E-state index in [9.17, 15) is 4.79 Å². The zero-order chi connectivity index (χ0) is 22.2. The normalized spacial score (nSPS) is 13.9. The summed E-state index contributed by atoms with van der Waals surface area (Å²) in [6.07, 6.45) is 4.22. The van der Waals surface area contributed by atoms with E-state index in [-0.39, 0.29) is 18.8 Å². The maximum atomic E-state index is 12.6. The van der Waals surface area contributed by atoms with Gasteiger partial charge in [0.15, 0.2) is 0 Å². The van der Waals surface area contributed by atoms with E-state index < -0.39 is 0 Å². The Morgan fingerprint density at radius 1 is 1.06 bits per heavy atom. The van der Waals surface area contributed by atoms with Gasteiger partial charge in [0.1, 0.15) is 29.6 Å². The first-order valence-electron chi connectivity index (χ1n) is 10.6. The van der Waals surface area contributed by atoms with Gasteiger partial charge in [0.05, 0.1) is 24.9 Å². The summed E-state index contributed by atoms with van der Waals surface area (Å²) in [4.78, 5) is 15.0. The Bertz CT molecular complexity index is 875. The van der Waals surface area contributed by atoms with Crippen molar-refractivity contribution < 1.29 is 19.0 Å². The fourth-order valence-electron chi connectivity index (χ4n) is 3.80. The lowest BCUT2D eigenvalue weighted by atomic mass is 10.0. The number of rotatable bonds is 11. The van der Waals surface area contributed by atoms with Crippen LogP contribution in [0.25, 0.3) is 0 Å². The van der Waals surface area contributed by atoms with Crippen molar-refractivity contribution >= 4 is 23.1 Å². The van der Waals surface area contributed by atoms with Gasteiger partial charge in [0.2, 0.25) is 0 Å². The third kappa shape index (κ3) is 6.77. The molecule has 168 valence electrons. The van der Waals surface area contributed by atoms with E-state index in [1.54, 1.807) is 32.4 Å². The molecule has 0 atom stereocenters. The smallest absolute Gasteiger partial charge is 0.137 e. The zero-order valence-electron chi connectivity index (χ0n) is 18.3. The number of carbonyl (C=O) groups excluding carboxylic acids is 1. The number of benzene rings is 2. The molecule has 0 radical (unpaired) electrons. The van der Waals surface area contributed by atoms with Crippen molar-refractivity contribution in [3.63, 3.8) is 0 Å². The molecule has 6 nitrogen and oxygen atoms in total. The number of nitrogens with zero attached hydrogens (tertiary/aromatic N) is 1. The minimum atomic E-state index is 0.174. The lowest BCUT2D eigenvalue weighted by Crippen LogP contribution is -2.21. The molecule has 2 N–H and O–H groups in total. The van der Waals surface area contributed by atoms with E-state index in [1.807, 2.05) is 12.1 Å². The van der Waals surface area contributed by atoms with E-state index in [0.717, 1.165) is 37.2 Å². The van der Waals surface area contributed by atoms with Crippen LogP contribution in [0.1, 0.15) is 36.8 Å². The molecular formula is C24H31ClN2O4. The van der Waals surface area contributed by atoms with Crippen LogP contribution in [0, 0.1) is 0 Å². The Hall–Kier alpha value is -2.44. The molecule has 7 heteroatoms. The van der Waals surface area contributed by atoms with Crippen molar-refractivity contribution in [2.24, 2.45) is 0 Å². The topological polar surface area (TPSA) is 74.0 Å². The van der Waals surface area contributed by atoms with Crippen LogP contribution in [0.5, 0.6) is 17.2 Å². The number of carbonyl (C=O) groups is 1. The van der Waals surface area contributed by atoms with Crippen LogP contribution in [0.15, 0.2) is 30.3 Å². The number of nitrogens with two attached hydrogens (primary N) is 1. The lowest BCUT2D eigenvalue weighted by Gasteiger charge is -2.15. The molecule has 1 heterocycles. The second kappa shape index (κ2) is 11.3. The molecule has 1 aliphatic heterocycles. The van der Waals surface area contributed by atoms with Gasteiger partial charge in [0, 0.05) is 30.5 Å². The fourth-order valence-corrected chi connectivity index (χ4v) is 3.99. The van der Waals surface area contributed by atoms with E-state index in [2.05, 4.69) is 4.90 Å². The molecule has 0 unspecified atom stereocenters. The Labute approximate surface area is 189 Å². The molecule has 0 aliphatic carbocycles. The third-order valence-corrected chi connectivity index (χ3v) is 5.83. The number of halogens is 1. The molecule has 3 rings (SSSR count). The predicted octanol–water partition coefficient (Wildman–Crippen LogP) is 4.51. The average Bonchev–Trinajstić information content (AvgIpc) is 3.28. The van der Waals surface area contributed by atoms with Crippen LogP contribution in [0.2, 0.25) is 5.02 Å². The number of Topliss-reactive ketones (excluding diaryl/α,β-unsaturated/α-hetero) is 1. The summed E-state index contributed by atoms with van der Waals surface area (Å²) in [5.41, 5.74) is 8.04. The third-order valence-electron chi connectivity index (χ3n) is 5.50. The largest absolute Gasteiger partial charge is 0.497 e. The van der Waals surface area contributed by atoms with Gasteiger partial charge in [-0.3, -0.25) is 4.79 Å². The van der Waals surface area contributed by atoms with Crippen LogP contribution in [-0.4, -0.2) is 44.5 Å². The van der Waals surface area contributed by atoms with Gasteiger partial charge in [-0.05, 0) is 62.7 Å². The quantitative estimate of drug-likeness (QED) is 0.512. The summed E-state index contributed by atoms with van der Waals surface area (Å²) in [6, 6.07) is 8.98. The van der Waals surface area contributed by atoms with E-state index in [4.69, 9.17) is 31.5 Å². The van der Waals surface area contributed by atoms with E-state index in [0.29, 0.717) is 34.4 Å². The van der Waals surface area contributed by atoms with Crippen LogP contribution in [0.4, 0.5) is 5.69 Å². The van der Waals surface area contributed by atoms with Crippen LogP contribution in [-0.2, 0) is 17.8 Å². The molecule has 1 aliphatic rings. The minimum absolute atomic E-state index is 0.174. The first kappa shape index (κ1) is 23.2. The van der Waals surface area contributed by atoms with Crippen molar-refractivity contribution in [1.82, 2.24) is 4.90 Å². The second-order valence-electron chi connectivity index (χ2n) is 7.86. The standard InChI is InChI=1S/C24H31ClN2O4/c1-29-20-10-17(11-21(14-20)30-2)16-31-24-15-23(26)22(25)13-18(24)12-19(28)6-5-9-27-7-3-4-8-27/h10-11,13-15H,3-9,12,16,26H2,1-2H3. The summed E-state index contributed by atoms with van der Waals surface area (Å²) in [5, 5.41) is 0.426. The van der Waals surface area contributed by atoms with Crippen LogP contribution >= 0.6 is 11.6 Å². The SMILES string of the molecule is COc1cc(COc2cc(N)c(Cl)cc2CC(=O)CCCN2CCCC2)cc(OC)c1. The molecule has 2 aromatic rings. The molecule has 1 fully saturated rings. The summed E-state index contributed by atoms with van der Waals surface area (Å²) in [7, 11) is 3.21. The maximum absolute atomic E-state index is 12.6. The summed E-state index contributed by atoms with van der Waals surface area (Å²) in [5.74, 6) is 2.11. The molecule has 31 heavy (non-hydrogen) atoms. The van der Waals surface area contributed by atoms with Crippen molar-refractivity contribution in [2.75, 3.05) is 39.6 Å². The highest BCUT2D eigenvalue weighted by molar-refractivity contribution is 6.33. The first-order valence-corrected chi connectivity index (χ1v) is 11.0. The second-order valence-corrected chi connectivity index (χ2v) is 8.27. The van der Waals surface area contributed by atoms with E-state index in [1.165, 1.54) is 12.8 Å². The highest BCUT2D eigenvalue weighted by atomic mass is 35.5. The Balaban J connectivity index is 1.64. The number of methoxy groups -OCH3 is 2. The van der Waals surface area contributed by atoms with E-state index >= 15 is 0 Å². The minimum Gasteiger partial charge on any atom is -0.497 e. The molecular weight excluding hydrogens is 416 g/mol. The lowest BCUT2D eigenvalue weighted by molar-refractivity contribution is -0.118. The van der Waals surface area contributed by atoms with Gasteiger partial charge in [-0.1, -0.05) is 11.6 Å². The van der Waals surface area contributed by atoms with Gasteiger partial charge >= 0.3 is 0 Å². The zero-order valence-corrected chi connectivity index (χ0v) is 19.0. The van der Waals surface area contributed by atoms with Crippen molar-refractivity contribution in [2.45, 2.75) is 38.7 Å². The Morgan fingerprint density at radius 2 is 1.74 bits per heavy atom. The number of hydrogen-bond acceptors (Lipinski definition) is 6. The summed E-state index contributed by atoms with van der Waals surface area (Å²) in [6.45, 7) is 3.56. The predicted molar refractivity (Wildman–Crippen MR) is 123 cm³/mol. The number of anilines is 1. The van der Waals surface area contributed by atoms with Crippen molar-refractivity contribution in [3.05, 3.63) is 46.5 Å². The maximum Gasteiger partial charge on any atom is 0.137 e. The monoisotopic (exact) mass is 446 g/mol. The van der Waals surface area contributed by atoms with Crippen molar-refractivity contribution in [1.29, 1.82) is 0 Å². The van der Waals surface area contributed by atoms with Gasteiger partial charge < -0.3 is 24.8 Å². The Morgan fingerprint density at radius 3 is 2.39 bits per heavy atom. The molecule has 0 amide bonds. The average molecular weight is 447 g/mol. The van der Waals surface area contributed by atoms with Crippen LogP contribution < -0.4 is 19.9 Å². The van der Waals surface area contributed by atoms with Gasteiger partial charge in [-0.25, -0.2) is 0 Å². The summed E-state index contributed by atoms with van der Waals surface area (Å²) >= 11 is 6.22. The molecule has 0 bridgehead atoms. The Kier molecular flexibility index (Phi) is 8.43. The van der Waals surface area contributed by atoms with Crippen LogP contribution in [0.3, 0.4) is 0 Å². The number of ketones is 1. The fraction of sp³-hybridized carbons (Fsp3) is 0.458. The first-order chi connectivity index (χ1) is 15.0. The number of hydrogen-bond donors (Lipinski definition) is 1.